The van der Waals surface area contributed by atoms with E-state index in [4.69, 9.17) is 21.1 Å². The van der Waals surface area contributed by atoms with Crippen molar-refractivity contribution in [1.82, 2.24) is 0 Å². The van der Waals surface area contributed by atoms with Crippen molar-refractivity contribution in [2.45, 2.75) is 12.3 Å². The molecule has 0 saturated carbocycles. The third kappa shape index (κ3) is 2.98. The molecule has 0 N–H and O–H groups in total. The lowest BCUT2D eigenvalue weighted by Gasteiger charge is -2.14. The highest BCUT2D eigenvalue weighted by Gasteiger charge is 2.19. The van der Waals surface area contributed by atoms with Crippen LogP contribution in [0.4, 0.5) is 4.39 Å². The molecule has 110 valence electrons. The summed E-state index contributed by atoms with van der Waals surface area (Å²) in [5.74, 6) is 1.40. The van der Waals surface area contributed by atoms with Crippen LogP contribution in [0.1, 0.15) is 23.4 Å². The van der Waals surface area contributed by atoms with Gasteiger partial charge in [-0.15, -0.1) is 11.6 Å². The van der Waals surface area contributed by atoms with Crippen LogP contribution in [0.3, 0.4) is 0 Å². The molecule has 0 amide bonds. The van der Waals surface area contributed by atoms with Crippen LogP contribution >= 0.6 is 11.6 Å². The summed E-state index contributed by atoms with van der Waals surface area (Å²) in [6, 6.07) is 12.0. The van der Waals surface area contributed by atoms with Crippen LogP contribution in [0.2, 0.25) is 0 Å². The van der Waals surface area contributed by atoms with Crippen LogP contribution in [0.15, 0.2) is 42.5 Å². The Morgan fingerprint density at radius 2 is 1.81 bits per heavy atom. The maximum absolute atomic E-state index is 13.8. The van der Waals surface area contributed by atoms with E-state index in [0.717, 1.165) is 5.56 Å². The highest BCUT2D eigenvalue weighted by atomic mass is 35.5. The molecule has 0 fully saturated rings. The van der Waals surface area contributed by atoms with Crippen LogP contribution < -0.4 is 9.47 Å². The summed E-state index contributed by atoms with van der Waals surface area (Å²) in [6.07, 6.45) is 0. The highest BCUT2D eigenvalue weighted by molar-refractivity contribution is 6.22. The molecule has 2 aromatic rings. The molecular formula is C17H16ClFO2. The molecule has 4 heteroatoms. The van der Waals surface area contributed by atoms with Gasteiger partial charge in [0.2, 0.25) is 0 Å². The number of halogens is 2. The molecule has 0 aromatic heterocycles. The second-order valence-electron chi connectivity index (χ2n) is 5.32. The summed E-state index contributed by atoms with van der Waals surface area (Å²) in [4.78, 5) is 0. The second kappa shape index (κ2) is 5.94. The third-order valence-corrected chi connectivity index (χ3v) is 3.97. The van der Waals surface area contributed by atoms with Crippen molar-refractivity contribution in [3.05, 3.63) is 59.4 Å². The first-order valence-electron chi connectivity index (χ1n) is 6.93. The summed E-state index contributed by atoms with van der Waals surface area (Å²) < 4.78 is 25.3. The van der Waals surface area contributed by atoms with Gasteiger partial charge >= 0.3 is 0 Å². The Labute approximate surface area is 128 Å². The Hall–Kier alpha value is -1.74. The molecule has 2 unspecified atom stereocenters. The summed E-state index contributed by atoms with van der Waals surface area (Å²) in [5, 5.41) is -0.555. The van der Waals surface area contributed by atoms with Gasteiger partial charge in [-0.25, -0.2) is 4.39 Å². The van der Waals surface area contributed by atoms with E-state index < -0.39 is 5.38 Å². The van der Waals surface area contributed by atoms with Crippen LogP contribution in [0.25, 0.3) is 0 Å². The number of hydrogen-bond donors (Lipinski definition) is 0. The summed E-state index contributed by atoms with van der Waals surface area (Å²) in [5.41, 5.74) is 1.25. The number of alkyl halides is 1. The molecule has 1 aliphatic rings. The molecule has 2 nitrogen and oxygen atoms in total. The molecule has 0 saturated heterocycles. The first-order chi connectivity index (χ1) is 10.1. The van der Waals surface area contributed by atoms with Crippen LogP contribution in [-0.2, 0) is 0 Å². The summed E-state index contributed by atoms with van der Waals surface area (Å²) >= 11 is 6.41. The number of rotatable bonds is 2. The second-order valence-corrected chi connectivity index (χ2v) is 5.75. The maximum atomic E-state index is 13.8. The van der Waals surface area contributed by atoms with E-state index in [9.17, 15) is 4.39 Å². The highest BCUT2D eigenvalue weighted by Crippen LogP contribution is 2.37. The quantitative estimate of drug-likeness (QED) is 0.757. The standard InChI is InChI=1S/C17H16ClFO2/c1-11-9-20-15-7-6-12(8-16(15)21-10-11)17(18)13-4-2-3-5-14(13)19/h2-8,11,17H,9-10H2,1H3. The zero-order chi connectivity index (χ0) is 14.8. The van der Waals surface area contributed by atoms with Crippen molar-refractivity contribution < 1.29 is 13.9 Å². The first-order valence-corrected chi connectivity index (χ1v) is 7.37. The normalized spacial score (nSPS) is 18.9. The zero-order valence-electron chi connectivity index (χ0n) is 11.7. The van der Waals surface area contributed by atoms with E-state index in [1.165, 1.54) is 6.07 Å². The van der Waals surface area contributed by atoms with Crippen molar-refractivity contribution in [3.8, 4) is 11.5 Å². The van der Waals surface area contributed by atoms with Gasteiger partial charge in [-0.2, -0.15) is 0 Å². The molecule has 1 heterocycles. The van der Waals surface area contributed by atoms with Gasteiger partial charge in [0.15, 0.2) is 11.5 Å². The maximum Gasteiger partial charge on any atom is 0.161 e. The van der Waals surface area contributed by atoms with E-state index >= 15 is 0 Å². The molecule has 21 heavy (non-hydrogen) atoms. The molecule has 1 aliphatic heterocycles. The summed E-state index contributed by atoms with van der Waals surface area (Å²) in [6.45, 7) is 3.30. The van der Waals surface area contributed by atoms with Crippen molar-refractivity contribution in [1.29, 1.82) is 0 Å². The predicted octanol–water partition coefficient (Wildman–Crippen LogP) is 4.56. The van der Waals surface area contributed by atoms with Crippen LogP contribution in [0.5, 0.6) is 11.5 Å². The number of fused-ring (bicyclic) bond motifs is 1. The fourth-order valence-corrected chi connectivity index (χ4v) is 2.60. The van der Waals surface area contributed by atoms with E-state index in [1.54, 1.807) is 18.2 Å². The molecule has 2 aromatic carbocycles. The topological polar surface area (TPSA) is 18.5 Å². The van der Waals surface area contributed by atoms with Crippen molar-refractivity contribution >= 4 is 11.6 Å². The van der Waals surface area contributed by atoms with Crippen LogP contribution in [0, 0.1) is 11.7 Å². The fourth-order valence-electron chi connectivity index (χ4n) is 2.29. The van der Waals surface area contributed by atoms with E-state index in [1.807, 2.05) is 18.2 Å². The number of ether oxygens (including phenoxy) is 2. The summed E-state index contributed by atoms with van der Waals surface area (Å²) in [7, 11) is 0. The molecular weight excluding hydrogens is 291 g/mol. The lowest BCUT2D eigenvalue weighted by atomic mass is 10.0. The van der Waals surface area contributed by atoms with E-state index in [0.29, 0.717) is 36.2 Å². The first kappa shape index (κ1) is 14.2. The Morgan fingerprint density at radius 3 is 2.57 bits per heavy atom. The molecule has 3 rings (SSSR count). The average molecular weight is 307 g/mol. The van der Waals surface area contributed by atoms with E-state index in [-0.39, 0.29) is 5.82 Å². The lowest BCUT2D eigenvalue weighted by Crippen LogP contribution is -2.12. The molecule has 2 atom stereocenters. The minimum absolute atomic E-state index is 0.307. The van der Waals surface area contributed by atoms with Crippen molar-refractivity contribution in [2.24, 2.45) is 5.92 Å². The van der Waals surface area contributed by atoms with E-state index in [2.05, 4.69) is 6.92 Å². The Balaban J connectivity index is 1.92. The lowest BCUT2D eigenvalue weighted by molar-refractivity contribution is 0.228. The van der Waals surface area contributed by atoms with Gasteiger partial charge in [0.05, 0.1) is 18.6 Å². The smallest absolute Gasteiger partial charge is 0.161 e. The van der Waals surface area contributed by atoms with Gasteiger partial charge in [0.1, 0.15) is 5.82 Å². The largest absolute Gasteiger partial charge is 0.489 e. The van der Waals surface area contributed by atoms with Crippen LogP contribution in [-0.4, -0.2) is 13.2 Å². The SMILES string of the molecule is CC1COc2ccc(C(Cl)c3ccccc3F)cc2OC1. The van der Waals surface area contributed by atoms with Gasteiger partial charge in [-0.1, -0.05) is 31.2 Å². The molecule has 0 spiro atoms. The van der Waals surface area contributed by atoms with Crippen molar-refractivity contribution in [2.75, 3.05) is 13.2 Å². The third-order valence-electron chi connectivity index (χ3n) is 3.49. The molecule has 0 aliphatic carbocycles. The van der Waals surface area contributed by atoms with Gasteiger partial charge in [0.25, 0.3) is 0 Å². The van der Waals surface area contributed by atoms with Gasteiger partial charge in [0, 0.05) is 11.5 Å². The Bertz CT molecular complexity index is 644. The zero-order valence-corrected chi connectivity index (χ0v) is 12.4. The van der Waals surface area contributed by atoms with Gasteiger partial charge < -0.3 is 9.47 Å². The van der Waals surface area contributed by atoms with Gasteiger partial charge in [-0.05, 0) is 23.8 Å². The average Bonchev–Trinajstić information content (AvgIpc) is 2.69. The fraction of sp³-hybridized carbons (Fsp3) is 0.294. The number of hydrogen-bond acceptors (Lipinski definition) is 2. The predicted molar refractivity (Wildman–Crippen MR) is 80.7 cm³/mol. The minimum Gasteiger partial charge on any atom is -0.489 e. The Kier molecular flexibility index (Phi) is 4.02. The molecule has 0 radical (unpaired) electrons. The monoisotopic (exact) mass is 306 g/mol. The van der Waals surface area contributed by atoms with Crippen molar-refractivity contribution in [3.63, 3.8) is 0 Å². The number of benzene rings is 2. The van der Waals surface area contributed by atoms with Gasteiger partial charge in [-0.3, -0.25) is 0 Å². The Morgan fingerprint density at radius 1 is 1.10 bits per heavy atom. The molecule has 0 bridgehead atoms. The minimum atomic E-state index is -0.555.